The minimum Gasteiger partial charge on any atom is -0.481 e. The third-order valence-corrected chi connectivity index (χ3v) is 4.09. The van der Waals surface area contributed by atoms with Gasteiger partial charge in [-0.15, -0.1) is 0 Å². The van der Waals surface area contributed by atoms with E-state index in [0.717, 1.165) is 23.6 Å². The zero-order valence-corrected chi connectivity index (χ0v) is 14.6. The fourth-order valence-electron chi connectivity index (χ4n) is 2.31. The Morgan fingerprint density at radius 1 is 1.12 bits per heavy atom. The number of nitrogens with one attached hydrogen (secondary N) is 3. The summed E-state index contributed by atoms with van der Waals surface area (Å²) in [4.78, 5) is 23.6. The Hall–Kier alpha value is -2.67. The maximum atomic E-state index is 12.1. The number of thiocarbonyl (C=S) groups is 1. The van der Waals surface area contributed by atoms with Crippen molar-refractivity contribution in [2.45, 2.75) is 25.9 Å². The molecule has 0 bridgehead atoms. The number of carbonyl (C=O) groups excluding carboxylic acids is 2. The fourth-order valence-corrected chi connectivity index (χ4v) is 2.46. The van der Waals surface area contributed by atoms with Crippen LogP contribution < -0.4 is 20.9 Å². The molecule has 0 radical (unpaired) electrons. The molecule has 2 aromatic carbocycles. The molecule has 3 rings (SSSR count). The molecule has 1 aliphatic rings. The number of rotatable bonds is 4. The molecular weight excluding hydrogens is 338 g/mol. The zero-order chi connectivity index (χ0) is 17.8. The summed E-state index contributed by atoms with van der Waals surface area (Å²) in [6.45, 7) is 1.64. The number of ether oxygens (including phenoxy) is 1. The molecule has 1 atom stereocenters. The Morgan fingerprint density at radius 3 is 2.56 bits per heavy atom. The monoisotopic (exact) mass is 357 g/mol. The van der Waals surface area contributed by atoms with Crippen LogP contribution in [0.5, 0.6) is 5.75 Å². The fraction of sp³-hybridized carbons (Fsp3) is 0.278. The van der Waals surface area contributed by atoms with Gasteiger partial charge in [0.1, 0.15) is 5.75 Å². The Morgan fingerprint density at radius 2 is 1.84 bits per heavy atom. The molecule has 1 fully saturated rings. The molecule has 3 N–H and O–H groups in total. The van der Waals surface area contributed by atoms with Crippen LogP contribution in [0.1, 0.15) is 19.8 Å². The van der Waals surface area contributed by atoms with Crippen molar-refractivity contribution in [2.75, 3.05) is 0 Å². The number of amides is 2. The van der Waals surface area contributed by atoms with E-state index in [1.54, 1.807) is 6.92 Å². The van der Waals surface area contributed by atoms with Crippen molar-refractivity contribution in [1.82, 2.24) is 16.2 Å². The first-order valence-corrected chi connectivity index (χ1v) is 8.50. The van der Waals surface area contributed by atoms with Gasteiger partial charge in [-0.3, -0.25) is 20.4 Å². The number of hydrogen-bond donors (Lipinski definition) is 3. The van der Waals surface area contributed by atoms with E-state index in [4.69, 9.17) is 17.0 Å². The van der Waals surface area contributed by atoms with Crippen LogP contribution in [0.2, 0.25) is 0 Å². The van der Waals surface area contributed by atoms with Crippen molar-refractivity contribution >= 4 is 39.9 Å². The number of fused-ring (bicyclic) bond motifs is 1. The first-order chi connectivity index (χ1) is 12.0. The number of hydrogen-bond acceptors (Lipinski definition) is 4. The molecular formula is C18H19N3O3S. The molecule has 6 nitrogen and oxygen atoms in total. The van der Waals surface area contributed by atoms with E-state index in [9.17, 15) is 9.59 Å². The summed E-state index contributed by atoms with van der Waals surface area (Å²) >= 11 is 4.97. The van der Waals surface area contributed by atoms with E-state index in [-0.39, 0.29) is 16.9 Å². The van der Waals surface area contributed by atoms with Crippen LogP contribution in [0.4, 0.5) is 0 Å². The predicted octanol–water partition coefficient (Wildman–Crippen LogP) is 2.04. The lowest BCUT2D eigenvalue weighted by Crippen LogP contribution is -2.51. The van der Waals surface area contributed by atoms with E-state index in [1.165, 1.54) is 0 Å². The van der Waals surface area contributed by atoms with Crippen LogP contribution in [0.25, 0.3) is 10.8 Å². The molecule has 130 valence electrons. The summed E-state index contributed by atoms with van der Waals surface area (Å²) < 4.78 is 5.66. The van der Waals surface area contributed by atoms with Gasteiger partial charge in [-0.05, 0) is 54.9 Å². The van der Waals surface area contributed by atoms with E-state index in [1.807, 2.05) is 42.5 Å². The largest absolute Gasteiger partial charge is 0.481 e. The van der Waals surface area contributed by atoms with Gasteiger partial charge in [0.25, 0.3) is 5.91 Å². The van der Waals surface area contributed by atoms with Crippen molar-refractivity contribution in [2.24, 2.45) is 5.92 Å². The topological polar surface area (TPSA) is 79.5 Å². The van der Waals surface area contributed by atoms with Crippen LogP contribution >= 0.6 is 12.2 Å². The minimum atomic E-state index is -0.726. The molecule has 2 amide bonds. The lowest BCUT2D eigenvalue weighted by Gasteiger charge is -2.16. The highest BCUT2D eigenvalue weighted by molar-refractivity contribution is 7.80. The highest BCUT2D eigenvalue weighted by Crippen LogP contribution is 2.28. The van der Waals surface area contributed by atoms with E-state index in [2.05, 4.69) is 16.2 Å². The maximum Gasteiger partial charge on any atom is 0.279 e. The third-order valence-electron chi connectivity index (χ3n) is 3.89. The molecule has 2 aromatic rings. The van der Waals surface area contributed by atoms with Crippen LogP contribution in [-0.4, -0.2) is 23.0 Å². The highest BCUT2D eigenvalue weighted by atomic mass is 32.1. The lowest BCUT2D eigenvalue weighted by molar-refractivity contribution is -0.128. The van der Waals surface area contributed by atoms with E-state index < -0.39 is 12.0 Å². The third kappa shape index (κ3) is 4.67. The van der Waals surface area contributed by atoms with Gasteiger partial charge in [-0.2, -0.15) is 0 Å². The number of benzene rings is 2. The van der Waals surface area contributed by atoms with Crippen LogP contribution in [0.3, 0.4) is 0 Å². The summed E-state index contributed by atoms with van der Waals surface area (Å²) in [5, 5.41) is 4.74. The van der Waals surface area contributed by atoms with Gasteiger partial charge in [0.05, 0.1) is 0 Å². The average Bonchev–Trinajstić information content (AvgIpc) is 3.44. The van der Waals surface area contributed by atoms with E-state index in [0.29, 0.717) is 5.75 Å². The van der Waals surface area contributed by atoms with Gasteiger partial charge in [-0.1, -0.05) is 30.3 Å². The second-order valence-electron chi connectivity index (χ2n) is 5.98. The van der Waals surface area contributed by atoms with Crippen LogP contribution in [0.15, 0.2) is 42.5 Å². The quantitative estimate of drug-likeness (QED) is 0.576. The molecule has 7 heteroatoms. The molecule has 0 heterocycles. The van der Waals surface area contributed by atoms with Gasteiger partial charge in [0.15, 0.2) is 11.2 Å². The molecule has 0 aliphatic heterocycles. The first-order valence-electron chi connectivity index (χ1n) is 8.09. The van der Waals surface area contributed by atoms with Crippen molar-refractivity contribution < 1.29 is 14.3 Å². The standard InChI is InChI=1S/C18H19N3O3S/c1-11(16(22)20-21-18(25)19-17(23)13-6-7-13)24-15-9-8-12-4-2-3-5-14(12)10-15/h2-5,8-11,13H,6-7H2,1H3,(H,20,22)(H2,19,21,23,25)/t11-/m1/s1. The molecule has 0 unspecified atom stereocenters. The zero-order valence-electron chi connectivity index (χ0n) is 13.7. The Bertz CT molecular complexity index is 820. The maximum absolute atomic E-state index is 12.1. The molecule has 0 saturated heterocycles. The summed E-state index contributed by atoms with van der Waals surface area (Å²) in [6.07, 6.45) is 1.05. The van der Waals surface area contributed by atoms with Crippen LogP contribution in [0, 0.1) is 5.92 Å². The van der Waals surface area contributed by atoms with Gasteiger partial charge >= 0.3 is 0 Å². The van der Waals surface area contributed by atoms with Crippen molar-refractivity contribution in [3.63, 3.8) is 0 Å². The summed E-state index contributed by atoms with van der Waals surface area (Å²) in [7, 11) is 0. The number of hydrazine groups is 1. The lowest BCUT2D eigenvalue weighted by atomic mass is 10.1. The Balaban J connectivity index is 1.49. The molecule has 0 aromatic heterocycles. The van der Waals surface area contributed by atoms with Gasteiger partial charge < -0.3 is 10.1 Å². The number of carbonyl (C=O) groups is 2. The van der Waals surface area contributed by atoms with Gasteiger partial charge in [0.2, 0.25) is 5.91 Å². The van der Waals surface area contributed by atoms with Gasteiger partial charge in [0, 0.05) is 5.92 Å². The van der Waals surface area contributed by atoms with E-state index >= 15 is 0 Å². The second kappa shape index (κ2) is 7.48. The second-order valence-corrected chi connectivity index (χ2v) is 6.38. The minimum absolute atomic E-state index is 0.0469. The van der Waals surface area contributed by atoms with Crippen LogP contribution in [-0.2, 0) is 9.59 Å². The SMILES string of the molecule is C[C@@H](Oc1ccc2ccccc2c1)C(=O)NNC(=S)NC(=O)C1CC1. The molecule has 25 heavy (non-hydrogen) atoms. The van der Waals surface area contributed by atoms with Crippen molar-refractivity contribution in [3.8, 4) is 5.75 Å². The first kappa shape index (κ1) is 17.2. The summed E-state index contributed by atoms with van der Waals surface area (Å²) in [6, 6.07) is 13.5. The Kier molecular flexibility index (Phi) is 5.14. The summed E-state index contributed by atoms with van der Waals surface area (Å²) in [5.74, 6) is 0.139. The molecule has 0 spiro atoms. The molecule has 1 aliphatic carbocycles. The van der Waals surface area contributed by atoms with Crippen molar-refractivity contribution in [3.05, 3.63) is 42.5 Å². The summed E-state index contributed by atoms with van der Waals surface area (Å²) in [5.41, 5.74) is 4.95. The average molecular weight is 357 g/mol. The Labute approximate surface area is 150 Å². The van der Waals surface area contributed by atoms with Crippen molar-refractivity contribution in [1.29, 1.82) is 0 Å². The predicted molar refractivity (Wildman–Crippen MR) is 98.8 cm³/mol. The van der Waals surface area contributed by atoms with Gasteiger partial charge in [-0.25, -0.2) is 0 Å². The smallest absolute Gasteiger partial charge is 0.279 e. The normalized spacial score (nSPS) is 14.4. The molecule has 1 saturated carbocycles. The highest BCUT2D eigenvalue weighted by Gasteiger charge is 2.30.